The summed E-state index contributed by atoms with van der Waals surface area (Å²) in [4.78, 5) is 10.6. The van der Waals surface area contributed by atoms with Crippen LogP contribution in [0.3, 0.4) is 0 Å². The minimum Gasteiger partial charge on any atom is -0.298 e. The highest BCUT2D eigenvalue weighted by molar-refractivity contribution is 6.18. The van der Waals surface area contributed by atoms with Crippen LogP contribution in [-0.4, -0.2) is 16.5 Å². The lowest BCUT2D eigenvalue weighted by molar-refractivity contribution is 0.112. The largest absolute Gasteiger partial charge is 0.298 e. The van der Waals surface area contributed by atoms with Crippen molar-refractivity contribution in [2.45, 2.75) is 5.88 Å². The summed E-state index contributed by atoms with van der Waals surface area (Å²) in [6, 6.07) is 3.58. The zero-order valence-corrected chi connectivity index (χ0v) is 7.51. The Morgan fingerprint density at radius 2 is 2.38 bits per heavy atom. The molecule has 0 atom stereocenters. The minimum atomic E-state index is 0.415. The van der Waals surface area contributed by atoms with Crippen LogP contribution in [-0.2, 0) is 5.88 Å². The standard InChI is InChI=1S/C9H7ClN2O/c10-3-6-1-2-7(5-13)8-4-11-12-9(6)8/h1-2,4-5H,3H2,(H,11,12). The fourth-order valence-corrected chi connectivity index (χ4v) is 1.55. The van der Waals surface area contributed by atoms with Crippen molar-refractivity contribution in [3.8, 4) is 0 Å². The molecule has 4 heteroatoms. The van der Waals surface area contributed by atoms with Crippen LogP contribution in [0.2, 0.25) is 0 Å². The number of hydrogen-bond acceptors (Lipinski definition) is 2. The summed E-state index contributed by atoms with van der Waals surface area (Å²) in [6.07, 6.45) is 2.45. The van der Waals surface area contributed by atoms with Gasteiger partial charge in [-0.15, -0.1) is 11.6 Å². The highest BCUT2D eigenvalue weighted by Crippen LogP contribution is 2.20. The lowest BCUT2D eigenvalue weighted by Gasteiger charge is -1.98. The van der Waals surface area contributed by atoms with Gasteiger partial charge in [-0.2, -0.15) is 5.10 Å². The molecule has 0 aliphatic heterocycles. The van der Waals surface area contributed by atoms with E-state index in [1.54, 1.807) is 12.3 Å². The van der Waals surface area contributed by atoms with Gasteiger partial charge in [-0.25, -0.2) is 0 Å². The molecule has 0 bridgehead atoms. The molecule has 1 heterocycles. The number of aromatic amines is 1. The summed E-state index contributed by atoms with van der Waals surface area (Å²) in [5, 5.41) is 7.52. The topological polar surface area (TPSA) is 45.8 Å². The smallest absolute Gasteiger partial charge is 0.150 e. The first kappa shape index (κ1) is 8.26. The molecule has 3 nitrogen and oxygen atoms in total. The second-order valence-electron chi connectivity index (χ2n) is 2.72. The third-order valence-electron chi connectivity index (χ3n) is 2.01. The first-order valence-electron chi connectivity index (χ1n) is 3.83. The van der Waals surface area contributed by atoms with E-state index in [-0.39, 0.29) is 0 Å². The van der Waals surface area contributed by atoms with Crippen LogP contribution in [0.5, 0.6) is 0 Å². The van der Waals surface area contributed by atoms with Crippen LogP contribution < -0.4 is 0 Å². The highest BCUT2D eigenvalue weighted by Gasteiger charge is 2.05. The number of benzene rings is 1. The molecule has 13 heavy (non-hydrogen) atoms. The summed E-state index contributed by atoms with van der Waals surface area (Å²) in [5.74, 6) is 0.415. The van der Waals surface area contributed by atoms with Gasteiger partial charge in [0.05, 0.1) is 11.7 Å². The number of nitrogens with zero attached hydrogens (tertiary/aromatic N) is 1. The lowest BCUT2D eigenvalue weighted by atomic mass is 10.1. The summed E-state index contributed by atoms with van der Waals surface area (Å²) in [7, 11) is 0. The number of H-pyrrole nitrogens is 1. The highest BCUT2D eigenvalue weighted by atomic mass is 35.5. The van der Waals surface area contributed by atoms with Crippen LogP contribution in [0.4, 0.5) is 0 Å². The van der Waals surface area contributed by atoms with Gasteiger partial charge in [0.25, 0.3) is 0 Å². The van der Waals surface area contributed by atoms with E-state index >= 15 is 0 Å². The molecule has 0 radical (unpaired) electrons. The fourth-order valence-electron chi connectivity index (χ4n) is 1.33. The SMILES string of the molecule is O=Cc1ccc(CCl)c2[nH]ncc12. The molecule has 0 aliphatic rings. The van der Waals surface area contributed by atoms with Crippen molar-refractivity contribution < 1.29 is 4.79 Å². The first-order valence-corrected chi connectivity index (χ1v) is 4.36. The minimum absolute atomic E-state index is 0.415. The van der Waals surface area contributed by atoms with Gasteiger partial charge in [0, 0.05) is 16.8 Å². The van der Waals surface area contributed by atoms with Crippen molar-refractivity contribution >= 4 is 28.8 Å². The van der Waals surface area contributed by atoms with Crippen LogP contribution in [0.1, 0.15) is 15.9 Å². The number of nitrogens with one attached hydrogen (secondary N) is 1. The Balaban J connectivity index is 2.81. The van der Waals surface area contributed by atoms with E-state index in [1.165, 1.54) is 0 Å². The van der Waals surface area contributed by atoms with Gasteiger partial charge in [-0.1, -0.05) is 12.1 Å². The quantitative estimate of drug-likeness (QED) is 0.588. The summed E-state index contributed by atoms with van der Waals surface area (Å²) in [6.45, 7) is 0. The van der Waals surface area contributed by atoms with Crippen LogP contribution in [0, 0.1) is 0 Å². The maximum absolute atomic E-state index is 10.6. The van der Waals surface area contributed by atoms with Crippen molar-refractivity contribution in [2.75, 3.05) is 0 Å². The molecule has 0 amide bonds. The second kappa shape index (κ2) is 3.18. The van der Waals surface area contributed by atoms with Crippen molar-refractivity contribution in [1.82, 2.24) is 10.2 Å². The number of carbonyl (C=O) groups is 1. The predicted molar refractivity (Wildman–Crippen MR) is 51.0 cm³/mol. The molecular formula is C9H7ClN2O. The Hall–Kier alpha value is -1.35. The number of alkyl halides is 1. The maximum Gasteiger partial charge on any atom is 0.150 e. The fraction of sp³-hybridized carbons (Fsp3) is 0.111. The number of hydrogen-bond donors (Lipinski definition) is 1. The number of rotatable bonds is 2. The molecule has 0 spiro atoms. The van der Waals surface area contributed by atoms with E-state index < -0.39 is 0 Å². The summed E-state index contributed by atoms with van der Waals surface area (Å²) >= 11 is 5.72. The Bertz CT molecular complexity index is 450. The Kier molecular flexibility index (Phi) is 2.02. The summed E-state index contributed by atoms with van der Waals surface area (Å²) in [5.41, 5.74) is 2.44. The summed E-state index contributed by atoms with van der Waals surface area (Å²) < 4.78 is 0. The van der Waals surface area contributed by atoms with Crippen LogP contribution >= 0.6 is 11.6 Å². The predicted octanol–water partition coefficient (Wildman–Crippen LogP) is 2.11. The molecular weight excluding hydrogens is 188 g/mol. The molecule has 66 valence electrons. The van der Waals surface area contributed by atoms with Crippen molar-refractivity contribution in [3.63, 3.8) is 0 Å². The zero-order valence-electron chi connectivity index (χ0n) is 6.75. The van der Waals surface area contributed by atoms with E-state index in [0.29, 0.717) is 11.4 Å². The van der Waals surface area contributed by atoms with Crippen molar-refractivity contribution in [3.05, 3.63) is 29.5 Å². The molecule has 0 unspecified atom stereocenters. The number of halogens is 1. The monoisotopic (exact) mass is 194 g/mol. The first-order chi connectivity index (χ1) is 6.36. The third kappa shape index (κ3) is 1.21. The Morgan fingerprint density at radius 1 is 1.54 bits per heavy atom. The van der Waals surface area contributed by atoms with Gasteiger partial charge in [0.2, 0.25) is 0 Å². The lowest BCUT2D eigenvalue weighted by Crippen LogP contribution is -1.86. The molecule has 1 aromatic heterocycles. The molecule has 1 N–H and O–H groups in total. The van der Waals surface area contributed by atoms with Crippen LogP contribution in [0.15, 0.2) is 18.3 Å². The van der Waals surface area contributed by atoms with E-state index in [2.05, 4.69) is 10.2 Å². The molecule has 2 rings (SSSR count). The van der Waals surface area contributed by atoms with Gasteiger partial charge in [-0.3, -0.25) is 9.89 Å². The zero-order chi connectivity index (χ0) is 9.26. The average Bonchev–Trinajstić information content (AvgIpc) is 2.64. The molecule has 0 aliphatic carbocycles. The number of aldehydes is 1. The molecule has 0 fully saturated rings. The van der Waals surface area contributed by atoms with Crippen molar-refractivity contribution in [1.29, 1.82) is 0 Å². The normalized spacial score (nSPS) is 10.5. The van der Waals surface area contributed by atoms with Gasteiger partial charge < -0.3 is 0 Å². The molecule has 0 saturated heterocycles. The number of carbonyl (C=O) groups excluding carboxylic acids is 1. The molecule has 2 aromatic rings. The Morgan fingerprint density at radius 3 is 3.08 bits per heavy atom. The van der Waals surface area contributed by atoms with Crippen molar-refractivity contribution in [2.24, 2.45) is 0 Å². The number of aromatic nitrogens is 2. The van der Waals surface area contributed by atoms with Gasteiger partial charge >= 0.3 is 0 Å². The Labute approximate surface area is 79.7 Å². The van der Waals surface area contributed by atoms with Gasteiger partial charge in [0.1, 0.15) is 0 Å². The average molecular weight is 195 g/mol. The van der Waals surface area contributed by atoms with Gasteiger partial charge in [0.15, 0.2) is 6.29 Å². The maximum atomic E-state index is 10.6. The van der Waals surface area contributed by atoms with Gasteiger partial charge in [-0.05, 0) is 5.56 Å². The third-order valence-corrected chi connectivity index (χ3v) is 2.29. The van der Waals surface area contributed by atoms with E-state index in [1.807, 2.05) is 6.07 Å². The second-order valence-corrected chi connectivity index (χ2v) is 2.99. The van der Waals surface area contributed by atoms with Crippen LogP contribution in [0.25, 0.3) is 10.9 Å². The van der Waals surface area contributed by atoms with E-state index in [4.69, 9.17) is 11.6 Å². The molecule has 1 aromatic carbocycles. The van der Waals surface area contributed by atoms with E-state index in [9.17, 15) is 4.79 Å². The molecule has 0 saturated carbocycles. The number of fused-ring (bicyclic) bond motifs is 1. The van der Waals surface area contributed by atoms with E-state index in [0.717, 1.165) is 22.8 Å².